The van der Waals surface area contributed by atoms with Crippen molar-refractivity contribution < 1.29 is 4.79 Å². The molecule has 2 aliphatic heterocycles. The predicted molar refractivity (Wildman–Crippen MR) is 132 cm³/mol. The van der Waals surface area contributed by atoms with E-state index in [-0.39, 0.29) is 11.4 Å². The van der Waals surface area contributed by atoms with Crippen LogP contribution >= 0.6 is 11.6 Å². The molecule has 2 aliphatic rings. The number of nitrogens with one attached hydrogen (secondary N) is 1. The molecule has 1 saturated heterocycles. The van der Waals surface area contributed by atoms with Crippen LogP contribution in [0.2, 0.25) is 5.02 Å². The molecule has 3 aromatic carbocycles. The molecule has 2 heterocycles. The summed E-state index contributed by atoms with van der Waals surface area (Å²) < 4.78 is 0. The number of aryl methyl sites for hydroxylation is 1. The van der Waals surface area contributed by atoms with E-state index in [1.54, 1.807) is 12.1 Å². The molecule has 164 valence electrons. The maximum absolute atomic E-state index is 13.3. The number of rotatable bonds is 3. The molecule has 1 N–H and O–H groups in total. The van der Waals surface area contributed by atoms with Crippen molar-refractivity contribution in [1.82, 2.24) is 4.90 Å². The van der Waals surface area contributed by atoms with Crippen molar-refractivity contribution in [2.75, 3.05) is 29.9 Å². The molecule has 4 nitrogen and oxygen atoms in total. The largest absolute Gasteiger partial charge is 0.326 e. The highest BCUT2D eigenvalue weighted by Crippen LogP contribution is 2.47. The maximum atomic E-state index is 13.3. The second kappa shape index (κ2) is 8.61. The Hall–Kier alpha value is -2.82. The summed E-state index contributed by atoms with van der Waals surface area (Å²) in [5.74, 6) is 0. The summed E-state index contributed by atoms with van der Waals surface area (Å²) in [6.07, 6.45) is 2.11. The number of carbonyl (C=O) groups is 1. The zero-order chi connectivity index (χ0) is 22.1. The first-order valence-corrected chi connectivity index (χ1v) is 11.6. The fourth-order valence-electron chi connectivity index (χ4n) is 5.10. The summed E-state index contributed by atoms with van der Waals surface area (Å²) in [6.45, 7) is 5.92. The molecule has 2 amide bonds. The molecule has 5 heteroatoms. The lowest BCUT2D eigenvalue weighted by Gasteiger charge is -2.40. The third-order valence-corrected chi connectivity index (χ3v) is 7.13. The van der Waals surface area contributed by atoms with Crippen LogP contribution in [0.15, 0.2) is 72.8 Å². The lowest BCUT2D eigenvalue weighted by molar-refractivity contribution is 0.160. The standard InChI is InChI=1S/C27H28ClN3O/c1-20-7-12-25-24(17-20)27(13-15-30(16-14-27)18-21-5-3-2-4-6-21)19-31(25)26(32)29-23-10-8-22(28)9-11-23/h2-12,17H,13-16,18-19H2,1H3,(H,29,32). The summed E-state index contributed by atoms with van der Waals surface area (Å²) in [7, 11) is 0. The molecule has 0 unspecified atom stereocenters. The quantitative estimate of drug-likeness (QED) is 0.518. The van der Waals surface area contributed by atoms with Crippen LogP contribution in [0.3, 0.4) is 0 Å². The Morgan fingerprint density at radius 2 is 1.72 bits per heavy atom. The average molecular weight is 446 g/mol. The van der Waals surface area contributed by atoms with Crippen molar-refractivity contribution in [3.05, 3.63) is 94.5 Å². The van der Waals surface area contributed by atoms with Crippen LogP contribution in [0.1, 0.15) is 29.5 Å². The van der Waals surface area contributed by atoms with E-state index >= 15 is 0 Å². The maximum Gasteiger partial charge on any atom is 0.326 e. The van der Waals surface area contributed by atoms with Gasteiger partial charge in [-0.1, -0.05) is 59.6 Å². The molecule has 3 aromatic rings. The van der Waals surface area contributed by atoms with Crippen LogP contribution in [0.4, 0.5) is 16.2 Å². The van der Waals surface area contributed by atoms with E-state index in [0.29, 0.717) is 5.02 Å². The highest BCUT2D eigenvalue weighted by atomic mass is 35.5. The molecular weight excluding hydrogens is 418 g/mol. The number of nitrogens with zero attached hydrogens (tertiary/aromatic N) is 2. The Balaban J connectivity index is 1.35. The van der Waals surface area contributed by atoms with Gasteiger partial charge < -0.3 is 5.32 Å². The fourth-order valence-corrected chi connectivity index (χ4v) is 5.22. The number of fused-ring (bicyclic) bond motifs is 2. The van der Waals surface area contributed by atoms with E-state index in [1.807, 2.05) is 17.0 Å². The second-order valence-electron chi connectivity index (χ2n) is 9.09. The molecule has 0 saturated carbocycles. The van der Waals surface area contributed by atoms with Crippen LogP contribution in [-0.4, -0.2) is 30.6 Å². The first kappa shape index (κ1) is 21.0. The highest BCUT2D eigenvalue weighted by molar-refractivity contribution is 6.30. The SMILES string of the molecule is Cc1ccc2c(c1)C1(CCN(Cc3ccccc3)CC1)CN2C(=O)Nc1ccc(Cl)cc1. The molecule has 32 heavy (non-hydrogen) atoms. The Bertz CT molecular complexity index is 1110. The number of benzene rings is 3. The van der Waals surface area contributed by atoms with Gasteiger partial charge in [0, 0.05) is 34.9 Å². The minimum absolute atomic E-state index is 0.0197. The summed E-state index contributed by atoms with van der Waals surface area (Å²) in [6, 6.07) is 24.3. The van der Waals surface area contributed by atoms with Gasteiger partial charge in [-0.15, -0.1) is 0 Å². The van der Waals surface area contributed by atoms with E-state index in [2.05, 4.69) is 65.7 Å². The van der Waals surface area contributed by atoms with E-state index < -0.39 is 0 Å². The van der Waals surface area contributed by atoms with Gasteiger partial charge in [-0.2, -0.15) is 0 Å². The van der Waals surface area contributed by atoms with E-state index in [0.717, 1.165) is 50.4 Å². The summed E-state index contributed by atoms with van der Waals surface area (Å²) >= 11 is 5.99. The van der Waals surface area contributed by atoms with Gasteiger partial charge in [-0.05, 0) is 74.3 Å². The minimum Gasteiger partial charge on any atom is -0.308 e. The van der Waals surface area contributed by atoms with Crippen LogP contribution < -0.4 is 10.2 Å². The van der Waals surface area contributed by atoms with Gasteiger partial charge in [0.25, 0.3) is 0 Å². The Kier molecular flexibility index (Phi) is 5.66. The van der Waals surface area contributed by atoms with E-state index in [4.69, 9.17) is 11.6 Å². The highest BCUT2D eigenvalue weighted by Gasteiger charge is 2.46. The second-order valence-corrected chi connectivity index (χ2v) is 9.52. The van der Waals surface area contributed by atoms with Crippen LogP contribution in [0.25, 0.3) is 0 Å². The summed E-state index contributed by atoms with van der Waals surface area (Å²) in [4.78, 5) is 17.7. The fraction of sp³-hybridized carbons (Fsp3) is 0.296. The molecule has 0 aromatic heterocycles. The molecule has 0 aliphatic carbocycles. The van der Waals surface area contributed by atoms with Gasteiger partial charge in [0.2, 0.25) is 0 Å². The van der Waals surface area contributed by atoms with Crippen molar-refractivity contribution in [3.63, 3.8) is 0 Å². The van der Waals surface area contributed by atoms with Crippen molar-refractivity contribution in [2.45, 2.75) is 31.7 Å². The lowest BCUT2D eigenvalue weighted by Crippen LogP contribution is -2.46. The van der Waals surface area contributed by atoms with Gasteiger partial charge in [0.05, 0.1) is 0 Å². The van der Waals surface area contributed by atoms with Crippen LogP contribution in [-0.2, 0) is 12.0 Å². The molecular formula is C27H28ClN3O. The number of anilines is 2. The number of carbonyl (C=O) groups excluding carboxylic acids is 1. The number of likely N-dealkylation sites (tertiary alicyclic amines) is 1. The predicted octanol–water partition coefficient (Wildman–Crippen LogP) is 6.23. The smallest absolute Gasteiger partial charge is 0.308 e. The summed E-state index contributed by atoms with van der Waals surface area (Å²) in [5.41, 5.74) is 5.74. The van der Waals surface area contributed by atoms with Crippen LogP contribution in [0, 0.1) is 6.92 Å². The lowest BCUT2D eigenvalue weighted by atomic mass is 9.74. The zero-order valence-electron chi connectivity index (χ0n) is 18.4. The summed E-state index contributed by atoms with van der Waals surface area (Å²) in [5, 5.41) is 3.71. The number of halogens is 1. The van der Waals surface area contributed by atoms with Gasteiger partial charge in [-0.3, -0.25) is 9.80 Å². The zero-order valence-corrected chi connectivity index (χ0v) is 19.1. The number of piperidine rings is 1. The minimum atomic E-state index is -0.0824. The molecule has 0 bridgehead atoms. The van der Waals surface area contributed by atoms with Crippen molar-refractivity contribution >= 4 is 29.0 Å². The van der Waals surface area contributed by atoms with Crippen molar-refractivity contribution in [1.29, 1.82) is 0 Å². The van der Waals surface area contributed by atoms with Crippen molar-refractivity contribution in [2.24, 2.45) is 0 Å². The molecule has 0 radical (unpaired) electrons. The topological polar surface area (TPSA) is 35.6 Å². The van der Waals surface area contributed by atoms with E-state index in [1.165, 1.54) is 16.7 Å². The molecule has 0 atom stereocenters. The number of hydrogen-bond acceptors (Lipinski definition) is 2. The third kappa shape index (κ3) is 4.13. The Labute approximate surface area is 194 Å². The van der Waals surface area contributed by atoms with Crippen LogP contribution in [0.5, 0.6) is 0 Å². The third-order valence-electron chi connectivity index (χ3n) is 6.88. The van der Waals surface area contributed by atoms with Gasteiger partial charge in [0.1, 0.15) is 0 Å². The average Bonchev–Trinajstić information content (AvgIpc) is 3.11. The Morgan fingerprint density at radius 3 is 2.44 bits per heavy atom. The number of hydrogen-bond donors (Lipinski definition) is 1. The van der Waals surface area contributed by atoms with Gasteiger partial charge >= 0.3 is 6.03 Å². The molecule has 5 rings (SSSR count). The monoisotopic (exact) mass is 445 g/mol. The first-order chi connectivity index (χ1) is 15.5. The Morgan fingerprint density at radius 1 is 1.00 bits per heavy atom. The van der Waals surface area contributed by atoms with Crippen molar-refractivity contribution in [3.8, 4) is 0 Å². The first-order valence-electron chi connectivity index (χ1n) is 11.2. The van der Waals surface area contributed by atoms with E-state index in [9.17, 15) is 4.79 Å². The normalized spacial score (nSPS) is 17.4. The van der Waals surface area contributed by atoms with Gasteiger partial charge in [-0.25, -0.2) is 4.79 Å². The molecule has 1 fully saturated rings. The van der Waals surface area contributed by atoms with Gasteiger partial charge in [0.15, 0.2) is 0 Å². The number of amides is 2. The molecule has 1 spiro atoms. The number of urea groups is 1.